The molecule has 2 aliphatic rings. The zero-order chi connectivity index (χ0) is 15.4. The third-order valence-electron chi connectivity index (χ3n) is 4.20. The molecular formula is C14H23N3O4. The molecule has 2 atom stereocenters. The molecule has 0 aromatic carbocycles. The van der Waals surface area contributed by atoms with Crippen molar-refractivity contribution >= 4 is 17.9 Å². The van der Waals surface area contributed by atoms with Crippen LogP contribution in [0, 0.1) is 5.92 Å². The van der Waals surface area contributed by atoms with Crippen molar-refractivity contribution in [1.29, 1.82) is 0 Å². The number of carbonyl (C=O) groups excluding carboxylic acids is 2. The van der Waals surface area contributed by atoms with Crippen LogP contribution in [0.5, 0.6) is 0 Å². The third-order valence-corrected chi connectivity index (χ3v) is 4.20. The fourth-order valence-corrected chi connectivity index (χ4v) is 3.14. The van der Waals surface area contributed by atoms with E-state index in [9.17, 15) is 14.4 Å². The summed E-state index contributed by atoms with van der Waals surface area (Å²) in [7, 11) is 0. The second kappa shape index (κ2) is 6.78. The summed E-state index contributed by atoms with van der Waals surface area (Å²) in [5, 5.41) is 11.6. The molecule has 0 aromatic rings. The summed E-state index contributed by atoms with van der Waals surface area (Å²) >= 11 is 0. The maximum atomic E-state index is 12.6. The number of rotatable bonds is 4. The van der Waals surface area contributed by atoms with E-state index in [4.69, 9.17) is 5.11 Å². The Morgan fingerprint density at radius 3 is 2.81 bits per heavy atom. The van der Waals surface area contributed by atoms with Gasteiger partial charge in [-0.2, -0.15) is 0 Å². The Labute approximate surface area is 124 Å². The van der Waals surface area contributed by atoms with E-state index < -0.39 is 12.0 Å². The number of hydrogen-bond acceptors (Lipinski definition) is 3. The molecule has 2 fully saturated rings. The first-order valence-corrected chi connectivity index (χ1v) is 7.58. The van der Waals surface area contributed by atoms with Gasteiger partial charge in [-0.05, 0) is 18.8 Å². The minimum Gasteiger partial charge on any atom is -0.481 e. The molecule has 2 rings (SSSR count). The van der Waals surface area contributed by atoms with Crippen molar-refractivity contribution in [2.75, 3.05) is 26.2 Å². The zero-order valence-electron chi connectivity index (χ0n) is 12.4. The topological polar surface area (TPSA) is 90.0 Å². The molecule has 0 spiro atoms. The van der Waals surface area contributed by atoms with Gasteiger partial charge in [0.1, 0.15) is 6.04 Å². The van der Waals surface area contributed by atoms with Crippen LogP contribution in [0.4, 0.5) is 4.79 Å². The first-order valence-electron chi connectivity index (χ1n) is 7.58. The zero-order valence-corrected chi connectivity index (χ0v) is 12.4. The first-order chi connectivity index (χ1) is 10.0. The van der Waals surface area contributed by atoms with Crippen molar-refractivity contribution in [3.8, 4) is 0 Å². The fourth-order valence-electron chi connectivity index (χ4n) is 3.14. The van der Waals surface area contributed by atoms with E-state index >= 15 is 0 Å². The number of carboxylic acid groups (broad SMARTS) is 1. The van der Waals surface area contributed by atoms with Crippen molar-refractivity contribution in [2.45, 2.75) is 38.6 Å². The van der Waals surface area contributed by atoms with Crippen molar-refractivity contribution in [3.63, 3.8) is 0 Å². The number of amides is 3. The molecule has 0 radical (unpaired) electrons. The summed E-state index contributed by atoms with van der Waals surface area (Å²) in [6, 6.07) is -1.09. The van der Waals surface area contributed by atoms with Crippen LogP contribution in [-0.4, -0.2) is 65.0 Å². The monoisotopic (exact) mass is 297 g/mol. The molecule has 2 aliphatic heterocycles. The predicted molar refractivity (Wildman–Crippen MR) is 75.7 cm³/mol. The lowest BCUT2D eigenvalue weighted by Gasteiger charge is -2.36. The highest BCUT2D eigenvalue weighted by Crippen LogP contribution is 2.23. The van der Waals surface area contributed by atoms with Gasteiger partial charge in [-0.25, -0.2) is 4.79 Å². The third kappa shape index (κ3) is 3.65. The number of piperazine rings is 1. The average Bonchev–Trinajstić information content (AvgIpc) is 2.89. The SMILES string of the molecule is CCCC1CCN(C(=O)N2CCNC(=O)C2CC(=O)O)C1. The molecule has 2 N–H and O–H groups in total. The summed E-state index contributed by atoms with van der Waals surface area (Å²) in [5.74, 6) is -0.920. The fraction of sp³-hybridized carbons (Fsp3) is 0.786. The molecule has 3 amide bonds. The highest BCUT2D eigenvalue weighted by Gasteiger charge is 2.38. The number of carboxylic acids is 1. The number of carbonyl (C=O) groups is 3. The van der Waals surface area contributed by atoms with E-state index in [1.54, 1.807) is 4.90 Å². The van der Waals surface area contributed by atoms with Crippen LogP contribution in [0.15, 0.2) is 0 Å². The first kappa shape index (κ1) is 15.6. The summed E-state index contributed by atoms with van der Waals surface area (Å²) in [4.78, 5) is 38.5. The number of aliphatic carboxylic acids is 1. The van der Waals surface area contributed by atoms with Crippen molar-refractivity contribution < 1.29 is 19.5 Å². The van der Waals surface area contributed by atoms with Crippen LogP contribution in [0.2, 0.25) is 0 Å². The van der Waals surface area contributed by atoms with Crippen LogP contribution in [-0.2, 0) is 9.59 Å². The smallest absolute Gasteiger partial charge is 0.320 e. The Bertz CT molecular complexity index is 426. The number of likely N-dealkylation sites (tertiary alicyclic amines) is 1. The van der Waals surface area contributed by atoms with E-state index in [1.807, 2.05) is 0 Å². The van der Waals surface area contributed by atoms with E-state index in [0.29, 0.717) is 32.1 Å². The summed E-state index contributed by atoms with van der Waals surface area (Å²) in [6.45, 7) is 4.29. The van der Waals surface area contributed by atoms with Gasteiger partial charge in [-0.15, -0.1) is 0 Å². The number of nitrogens with zero attached hydrogens (tertiary/aromatic N) is 2. The van der Waals surface area contributed by atoms with Gasteiger partial charge in [0, 0.05) is 26.2 Å². The van der Waals surface area contributed by atoms with Gasteiger partial charge in [0.15, 0.2) is 0 Å². The van der Waals surface area contributed by atoms with E-state index in [2.05, 4.69) is 12.2 Å². The van der Waals surface area contributed by atoms with Gasteiger partial charge in [0.2, 0.25) is 5.91 Å². The largest absolute Gasteiger partial charge is 0.481 e. The van der Waals surface area contributed by atoms with Gasteiger partial charge in [0.05, 0.1) is 6.42 Å². The normalized spacial score (nSPS) is 25.9. The lowest BCUT2D eigenvalue weighted by Crippen LogP contribution is -2.60. The average molecular weight is 297 g/mol. The highest BCUT2D eigenvalue weighted by atomic mass is 16.4. The van der Waals surface area contributed by atoms with Crippen LogP contribution >= 0.6 is 0 Å². The lowest BCUT2D eigenvalue weighted by atomic mass is 10.0. The molecule has 2 saturated heterocycles. The summed E-state index contributed by atoms with van der Waals surface area (Å²) < 4.78 is 0. The maximum Gasteiger partial charge on any atom is 0.320 e. The van der Waals surface area contributed by atoms with Crippen molar-refractivity contribution in [3.05, 3.63) is 0 Å². The number of hydrogen-bond donors (Lipinski definition) is 2. The van der Waals surface area contributed by atoms with E-state index in [-0.39, 0.29) is 18.4 Å². The maximum absolute atomic E-state index is 12.6. The summed E-state index contributed by atoms with van der Waals surface area (Å²) in [6.07, 6.45) is 2.84. The second-order valence-electron chi connectivity index (χ2n) is 5.77. The van der Waals surface area contributed by atoms with Gasteiger partial charge in [-0.1, -0.05) is 13.3 Å². The van der Waals surface area contributed by atoms with Crippen LogP contribution in [0.1, 0.15) is 32.6 Å². The van der Waals surface area contributed by atoms with E-state index in [0.717, 1.165) is 19.3 Å². The van der Waals surface area contributed by atoms with Gasteiger partial charge in [0.25, 0.3) is 0 Å². The molecule has 118 valence electrons. The molecule has 2 unspecified atom stereocenters. The Hall–Kier alpha value is -1.79. The van der Waals surface area contributed by atoms with Gasteiger partial charge in [-0.3, -0.25) is 9.59 Å². The molecule has 2 heterocycles. The molecule has 0 bridgehead atoms. The molecule has 7 heteroatoms. The quantitative estimate of drug-likeness (QED) is 0.791. The Kier molecular flexibility index (Phi) is 5.03. The molecule has 0 saturated carbocycles. The minimum atomic E-state index is -1.07. The number of urea groups is 1. The molecule has 0 aromatic heterocycles. The minimum absolute atomic E-state index is 0.199. The molecule has 7 nitrogen and oxygen atoms in total. The highest BCUT2D eigenvalue weighted by molar-refractivity contribution is 5.91. The number of nitrogens with one attached hydrogen (secondary N) is 1. The van der Waals surface area contributed by atoms with Crippen molar-refractivity contribution in [2.24, 2.45) is 5.92 Å². The second-order valence-corrected chi connectivity index (χ2v) is 5.77. The Balaban J connectivity index is 2.02. The van der Waals surface area contributed by atoms with Crippen molar-refractivity contribution in [1.82, 2.24) is 15.1 Å². The Morgan fingerprint density at radius 1 is 1.38 bits per heavy atom. The predicted octanol–water partition coefficient (Wildman–Crippen LogP) is 0.504. The van der Waals surface area contributed by atoms with Gasteiger partial charge < -0.3 is 20.2 Å². The summed E-state index contributed by atoms with van der Waals surface area (Å²) in [5.41, 5.74) is 0. The van der Waals surface area contributed by atoms with Crippen LogP contribution in [0.25, 0.3) is 0 Å². The van der Waals surface area contributed by atoms with Crippen LogP contribution < -0.4 is 5.32 Å². The standard InChI is InChI=1S/C14H23N3O4/c1-2-3-10-4-6-16(9-10)14(21)17-7-5-15-13(20)11(17)8-12(18)19/h10-11H,2-9H2,1H3,(H,15,20)(H,18,19). The van der Waals surface area contributed by atoms with Gasteiger partial charge >= 0.3 is 12.0 Å². The van der Waals surface area contributed by atoms with E-state index in [1.165, 1.54) is 4.90 Å². The Morgan fingerprint density at radius 2 is 2.14 bits per heavy atom. The molecular weight excluding hydrogens is 274 g/mol. The lowest BCUT2D eigenvalue weighted by molar-refractivity contribution is -0.142. The molecule has 21 heavy (non-hydrogen) atoms. The molecule has 0 aliphatic carbocycles. The van der Waals surface area contributed by atoms with Crippen LogP contribution in [0.3, 0.4) is 0 Å².